The van der Waals surface area contributed by atoms with E-state index in [4.69, 9.17) is 37.0 Å². The molecular weight excluding hydrogens is 1320 g/mol. The van der Waals surface area contributed by atoms with Gasteiger partial charge >= 0.3 is 39.5 Å². The molecule has 5 atom stereocenters. The first-order valence-electron chi connectivity index (χ1n) is 42.5. The number of carbonyl (C=O) groups is 4. The highest BCUT2D eigenvalue weighted by molar-refractivity contribution is 7.47. The van der Waals surface area contributed by atoms with Gasteiger partial charge in [-0.1, -0.05) is 382 Å². The Hall–Kier alpha value is -1.94. The van der Waals surface area contributed by atoms with E-state index in [0.29, 0.717) is 31.6 Å². The van der Waals surface area contributed by atoms with Crippen molar-refractivity contribution >= 4 is 39.5 Å². The summed E-state index contributed by atoms with van der Waals surface area (Å²) >= 11 is 0. The Labute approximate surface area is 619 Å². The molecule has 0 heterocycles. The van der Waals surface area contributed by atoms with E-state index < -0.39 is 97.5 Å². The lowest BCUT2D eigenvalue weighted by Crippen LogP contribution is -2.30. The number of ether oxygens (including phenoxy) is 4. The minimum atomic E-state index is -4.96. The molecule has 0 aromatic rings. The van der Waals surface area contributed by atoms with Crippen molar-refractivity contribution in [3.8, 4) is 0 Å². The minimum Gasteiger partial charge on any atom is -0.462 e. The molecule has 0 aliphatic heterocycles. The summed E-state index contributed by atoms with van der Waals surface area (Å²) in [7, 11) is -9.92. The summed E-state index contributed by atoms with van der Waals surface area (Å²) in [4.78, 5) is 72.9. The zero-order chi connectivity index (χ0) is 74.2. The van der Waals surface area contributed by atoms with E-state index in [2.05, 4.69) is 41.5 Å². The van der Waals surface area contributed by atoms with Crippen molar-refractivity contribution in [2.45, 2.75) is 452 Å². The van der Waals surface area contributed by atoms with Gasteiger partial charge in [0.15, 0.2) is 12.2 Å². The van der Waals surface area contributed by atoms with Gasteiger partial charge in [-0.25, -0.2) is 9.13 Å². The second kappa shape index (κ2) is 73.6. The van der Waals surface area contributed by atoms with E-state index in [9.17, 15) is 43.2 Å². The predicted octanol–water partition coefficient (Wildman–Crippen LogP) is 24.7. The normalized spacial score (nSPS) is 13.9. The molecule has 0 saturated heterocycles. The molecule has 101 heavy (non-hydrogen) atoms. The third-order valence-electron chi connectivity index (χ3n) is 19.2. The molecule has 0 saturated carbocycles. The fourth-order valence-electron chi connectivity index (χ4n) is 12.7. The van der Waals surface area contributed by atoms with Crippen LogP contribution in [0.2, 0.25) is 0 Å². The second-order valence-electron chi connectivity index (χ2n) is 30.5. The molecule has 0 aliphatic carbocycles. The van der Waals surface area contributed by atoms with Crippen LogP contribution < -0.4 is 0 Å². The first-order chi connectivity index (χ1) is 48.9. The van der Waals surface area contributed by atoms with Gasteiger partial charge in [0.05, 0.1) is 26.4 Å². The van der Waals surface area contributed by atoms with Gasteiger partial charge in [0, 0.05) is 25.7 Å². The maximum atomic E-state index is 13.1. The molecule has 600 valence electrons. The number of aliphatic hydroxyl groups is 1. The third-order valence-corrected chi connectivity index (χ3v) is 21.1. The van der Waals surface area contributed by atoms with Gasteiger partial charge in [0.1, 0.15) is 19.3 Å². The lowest BCUT2D eigenvalue weighted by atomic mass is 10.0. The van der Waals surface area contributed by atoms with Crippen LogP contribution in [0.5, 0.6) is 0 Å². The number of aliphatic hydroxyl groups excluding tert-OH is 1. The monoisotopic (exact) mass is 1480 g/mol. The Balaban J connectivity index is 5.18. The SMILES string of the molecule is CCCCCCCCCCCCCCCCCCCCCCCCC(=O)O[C@H](COC(=O)CCCCCCCCCCCCCCCCCCC(C)C)COP(=O)(O)OC[C@@H](O)COP(=O)(O)OC[C@@H](COC(=O)CCCCCCCCC(C)C)OC(=O)CCCCCCCCCCCCC. The lowest BCUT2D eigenvalue weighted by Gasteiger charge is -2.21. The van der Waals surface area contributed by atoms with Gasteiger partial charge in [-0.05, 0) is 37.5 Å². The van der Waals surface area contributed by atoms with Gasteiger partial charge < -0.3 is 33.8 Å². The highest BCUT2D eigenvalue weighted by atomic mass is 31.2. The van der Waals surface area contributed by atoms with Crippen molar-refractivity contribution in [1.82, 2.24) is 0 Å². The summed E-state index contributed by atoms with van der Waals surface area (Å²) in [6.07, 6.45) is 64.2. The van der Waals surface area contributed by atoms with Crippen molar-refractivity contribution in [1.29, 1.82) is 0 Å². The molecule has 3 N–H and O–H groups in total. The predicted molar refractivity (Wildman–Crippen MR) is 414 cm³/mol. The molecule has 17 nitrogen and oxygen atoms in total. The number of rotatable bonds is 81. The van der Waals surface area contributed by atoms with Crippen LogP contribution in [0.1, 0.15) is 433 Å². The van der Waals surface area contributed by atoms with Crippen LogP contribution in [0.4, 0.5) is 0 Å². The summed E-state index contributed by atoms with van der Waals surface area (Å²) in [6.45, 7) is 9.57. The first kappa shape index (κ1) is 99.1. The largest absolute Gasteiger partial charge is 0.472 e. The number of esters is 4. The van der Waals surface area contributed by atoms with Gasteiger partial charge in [0.25, 0.3) is 0 Å². The average molecular weight is 1480 g/mol. The third kappa shape index (κ3) is 76.1. The number of hydrogen-bond acceptors (Lipinski definition) is 15. The van der Waals surface area contributed by atoms with Crippen LogP contribution in [0.15, 0.2) is 0 Å². The Kier molecular flexibility index (Phi) is 72.2. The van der Waals surface area contributed by atoms with Crippen LogP contribution in [0, 0.1) is 11.8 Å². The van der Waals surface area contributed by atoms with Crippen molar-refractivity contribution in [2.75, 3.05) is 39.6 Å². The lowest BCUT2D eigenvalue weighted by molar-refractivity contribution is -0.161. The summed E-state index contributed by atoms with van der Waals surface area (Å²) < 4.78 is 68.6. The summed E-state index contributed by atoms with van der Waals surface area (Å²) in [5.74, 6) is -0.619. The topological polar surface area (TPSA) is 237 Å². The maximum Gasteiger partial charge on any atom is 0.472 e. The standard InChI is InChI=1S/C82H160O17P2/c1-7-9-11-13-15-17-19-20-21-22-23-24-25-26-27-32-35-39-43-47-55-61-67-82(87)98-77(70-92-79(84)64-58-52-45-41-38-34-31-29-28-30-33-37-40-44-50-56-62-74(3)4)72-96-100(88,89)94-68-76(83)69-95-101(90,91)97-73-78(71-93-80(85)65-59-53-49-48-51-57-63-75(5)6)99-81(86)66-60-54-46-42-36-18-16-14-12-10-8-2/h74-78,83H,7-73H2,1-6H3,(H,88,89)(H,90,91)/t76-,77-,78-/m1/s1. The van der Waals surface area contributed by atoms with Crippen molar-refractivity contribution in [3.63, 3.8) is 0 Å². The van der Waals surface area contributed by atoms with E-state index in [1.165, 1.54) is 244 Å². The Morgan fingerprint density at radius 1 is 0.267 bits per heavy atom. The van der Waals surface area contributed by atoms with Crippen LogP contribution in [-0.2, 0) is 65.4 Å². The molecule has 0 radical (unpaired) electrons. The summed E-state index contributed by atoms with van der Waals surface area (Å²) in [5.41, 5.74) is 0. The van der Waals surface area contributed by atoms with E-state index >= 15 is 0 Å². The van der Waals surface area contributed by atoms with Gasteiger partial charge in [-0.2, -0.15) is 0 Å². The smallest absolute Gasteiger partial charge is 0.462 e. The zero-order valence-corrected chi connectivity index (χ0v) is 68.0. The second-order valence-corrected chi connectivity index (χ2v) is 33.4. The zero-order valence-electron chi connectivity index (χ0n) is 66.2. The molecule has 0 aliphatic rings. The van der Waals surface area contributed by atoms with Gasteiger partial charge in [0.2, 0.25) is 0 Å². The number of unbranched alkanes of at least 4 members (excludes halogenated alkanes) is 51. The molecular formula is C82H160O17P2. The molecule has 0 aromatic heterocycles. The summed E-state index contributed by atoms with van der Waals surface area (Å²) in [5, 5.41) is 10.6. The van der Waals surface area contributed by atoms with E-state index in [0.717, 1.165) is 102 Å². The molecule has 0 aromatic carbocycles. The van der Waals surface area contributed by atoms with Crippen molar-refractivity contribution < 1.29 is 80.2 Å². The van der Waals surface area contributed by atoms with Crippen molar-refractivity contribution in [2.24, 2.45) is 11.8 Å². The summed E-state index contributed by atoms with van der Waals surface area (Å²) in [6, 6.07) is 0. The molecule has 0 fully saturated rings. The molecule has 2 unspecified atom stereocenters. The number of phosphoric acid groups is 2. The first-order valence-corrected chi connectivity index (χ1v) is 45.5. The molecule has 0 spiro atoms. The molecule has 0 bridgehead atoms. The Morgan fingerprint density at radius 2 is 0.455 bits per heavy atom. The number of carbonyl (C=O) groups excluding carboxylic acids is 4. The van der Waals surface area contributed by atoms with Crippen LogP contribution in [-0.4, -0.2) is 96.7 Å². The van der Waals surface area contributed by atoms with E-state index in [1.807, 2.05) is 0 Å². The molecule has 0 rings (SSSR count). The Morgan fingerprint density at radius 3 is 0.673 bits per heavy atom. The highest BCUT2D eigenvalue weighted by Crippen LogP contribution is 2.45. The maximum absolute atomic E-state index is 13.1. The average Bonchev–Trinajstić information content (AvgIpc) is 0.992. The fourth-order valence-corrected chi connectivity index (χ4v) is 14.3. The van der Waals surface area contributed by atoms with Crippen molar-refractivity contribution in [3.05, 3.63) is 0 Å². The van der Waals surface area contributed by atoms with Crippen LogP contribution >= 0.6 is 15.6 Å². The molecule has 19 heteroatoms. The molecule has 0 amide bonds. The highest BCUT2D eigenvalue weighted by Gasteiger charge is 2.30. The quantitative estimate of drug-likeness (QED) is 0.0222. The van der Waals surface area contributed by atoms with Crippen LogP contribution in [0.3, 0.4) is 0 Å². The van der Waals surface area contributed by atoms with Gasteiger partial charge in [-0.3, -0.25) is 37.3 Å². The number of phosphoric ester groups is 2. The fraction of sp³-hybridized carbons (Fsp3) is 0.951. The number of hydrogen-bond donors (Lipinski definition) is 3. The minimum absolute atomic E-state index is 0.106. The van der Waals surface area contributed by atoms with E-state index in [-0.39, 0.29) is 25.7 Å². The Bertz CT molecular complexity index is 1940. The van der Waals surface area contributed by atoms with E-state index in [1.54, 1.807) is 0 Å². The van der Waals surface area contributed by atoms with Gasteiger partial charge in [-0.15, -0.1) is 0 Å². The van der Waals surface area contributed by atoms with Crippen LogP contribution in [0.25, 0.3) is 0 Å².